The molecule has 0 amide bonds. The quantitative estimate of drug-likeness (QED) is 0.606. The van der Waals surface area contributed by atoms with E-state index in [-0.39, 0.29) is 35.4 Å². The van der Waals surface area contributed by atoms with Crippen LogP contribution in [0.15, 0.2) is 11.6 Å². The minimum atomic E-state index is -1.59. The van der Waals surface area contributed by atoms with E-state index < -0.39 is 35.5 Å². The predicted octanol–water partition coefficient (Wildman–Crippen LogP) is 3.52. The Kier molecular flexibility index (Phi) is 6.17. The molecular weight excluding hydrogens is 408 g/mol. The van der Waals surface area contributed by atoms with Gasteiger partial charge in [-0.3, -0.25) is 14.4 Å². The van der Waals surface area contributed by atoms with E-state index in [0.717, 1.165) is 32.1 Å². The molecule has 0 spiro atoms. The molecule has 6 nitrogen and oxygen atoms in total. The lowest BCUT2D eigenvalue weighted by molar-refractivity contribution is -0.184. The first-order valence-corrected chi connectivity index (χ1v) is 12.4. The summed E-state index contributed by atoms with van der Waals surface area (Å²) in [5, 5.41) is 23.0. The van der Waals surface area contributed by atoms with Crippen molar-refractivity contribution >= 4 is 17.5 Å². The molecule has 3 fully saturated rings. The second-order valence-corrected chi connectivity index (χ2v) is 11.2. The molecular formula is C26H38O6. The van der Waals surface area contributed by atoms with Gasteiger partial charge in [0.2, 0.25) is 5.78 Å². The minimum absolute atomic E-state index is 0.0398. The van der Waals surface area contributed by atoms with E-state index in [4.69, 9.17) is 4.74 Å². The Morgan fingerprint density at radius 3 is 2.66 bits per heavy atom. The molecule has 6 heteroatoms. The van der Waals surface area contributed by atoms with Gasteiger partial charge in [-0.25, -0.2) is 0 Å². The predicted molar refractivity (Wildman–Crippen MR) is 119 cm³/mol. The maximum Gasteiger partial charge on any atom is 0.306 e. The standard InChI is InChI=1S/C26H38O6/c1-4-5-6-22(30)32-15-21(29)26(31)12-10-19-18-8-7-16-13-17(27)9-11-24(16,2)23(18)20(28)14-25(19,26)3/h13,18-20,23,28,31H,4-12,14-15H2,1-3H3/t18?,19?,20-,23?,24?,25?,26-/m0/s1. The minimum Gasteiger partial charge on any atom is -0.458 e. The third-order valence-electron chi connectivity index (χ3n) is 9.61. The van der Waals surface area contributed by atoms with Crippen molar-refractivity contribution in [3.05, 3.63) is 11.6 Å². The summed E-state index contributed by atoms with van der Waals surface area (Å²) >= 11 is 0. The number of allylic oxidation sites excluding steroid dienone is 1. The van der Waals surface area contributed by atoms with Gasteiger partial charge in [-0.05, 0) is 74.2 Å². The van der Waals surface area contributed by atoms with Crippen LogP contribution in [0.5, 0.6) is 0 Å². The molecule has 0 radical (unpaired) electrons. The van der Waals surface area contributed by atoms with Gasteiger partial charge in [-0.2, -0.15) is 0 Å². The summed E-state index contributed by atoms with van der Waals surface area (Å²) in [7, 11) is 0. The van der Waals surface area contributed by atoms with Crippen LogP contribution in [-0.4, -0.2) is 46.1 Å². The molecule has 32 heavy (non-hydrogen) atoms. The number of hydrogen-bond donors (Lipinski definition) is 2. The third kappa shape index (κ3) is 3.49. The van der Waals surface area contributed by atoms with Crippen LogP contribution in [0.2, 0.25) is 0 Å². The van der Waals surface area contributed by atoms with Crippen molar-refractivity contribution in [2.45, 2.75) is 96.7 Å². The molecule has 0 saturated heterocycles. The van der Waals surface area contributed by atoms with Crippen LogP contribution in [0.4, 0.5) is 0 Å². The van der Waals surface area contributed by atoms with Crippen molar-refractivity contribution < 1.29 is 29.3 Å². The lowest BCUT2D eigenvalue weighted by atomic mass is 9.45. The maximum absolute atomic E-state index is 13.1. The van der Waals surface area contributed by atoms with Crippen LogP contribution in [0.3, 0.4) is 0 Å². The van der Waals surface area contributed by atoms with Crippen molar-refractivity contribution in [2.24, 2.45) is 28.6 Å². The average Bonchev–Trinajstić information content (AvgIpc) is 3.02. The number of carbonyl (C=O) groups excluding carboxylic acids is 3. The van der Waals surface area contributed by atoms with Gasteiger partial charge in [0.1, 0.15) is 5.60 Å². The highest BCUT2D eigenvalue weighted by atomic mass is 16.5. The summed E-state index contributed by atoms with van der Waals surface area (Å²) in [6, 6.07) is 0. The van der Waals surface area contributed by atoms with E-state index >= 15 is 0 Å². The van der Waals surface area contributed by atoms with Gasteiger partial charge < -0.3 is 14.9 Å². The second kappa shape index (κ2) is 8.35. The summed E-state index contributed by atoms with van der Waals surface area (Å²) in [6.07, 6.45) is 7.43. The van der Waals surface area contributed by atoms with Crippen molar-refractivity contribution in [3.8, 4) is 0 Å². The summed E-state index contributed by atoms with van der Waals surface area (Å²) in [5.74, 6) is -0.300. The van der Waals surface area contributed by atoms with Gasteiger partial charge >= 0.3 is 5.97 Å². The van der Waals surface area contributed by atoms with E-state index in [1.807, 2.05) is 19.9 Å². The highest BCUT2D eigenvalue weighted by Gasteiger charge is 2.68. The number of carbonyl (C=O) groups is 3. The molecule has 2 N–H and O–H groups in total. The van der Waals surface area contributed by atoms with Crippen LogP contribution in [-0.2, 0) is 19.1 Å². The van der Waals surface area contributed by atoms with Crippen LogP contribution >= 0.6 is 0 Å². The monoisotopic (exact) mass is 446 g/mol. The molecule has 0 aromatic heterocycles. The molecule has 7 atom stereocenters. The zero-order valence-corrected chi connectivity index (χ0v) is 19.7. The molecule has 5 unspecified atom stereocenters. The summed E-state index contributed by atoms with van der Waals surface area (Å²) < 4.78 is 5.19. The molecule has 0 heterocycles. The van der Waals surface area contributed by atoms with E-state index in [1.165, 1.54) is 5.57 Å². The molecule has 178 valence electrons. The number of ether oxygens (including phenoxy) is 1. The van der Waals surface area contributed by atoms with Crippen molar-refractivity contribution in [1.29, 1.82) is 0 Å². The number of fused-ring (bicyclic) bond motifs is 5. The Morgan fingerprint density at radius 2 is 1.94 bits per heavy atom. The number of Topliss-reactive ketones (excluding diaryl/α,β-unsaturated/α-hetero) is 1. The van der Waals surface area contributed by atoms with Crippen molar-refractivity contribution in [2.75, 3.05) is 6.61 Å². The normalized spacial score (nSPS) is 43.0. The molecule has 4 aliphatic carbocycles. The van der Waals surface area contributed by atoms with Crippen LogP contribution in [0.1, 0.15) is 85.0 Å². The van der Waals surface area contributed by atoms with Gasteiger partial charge in [0.05, 0.1) is 6.10 Å². The summed E-state index contributed by atoms with van der Waals surface area (Å²) in [6.45, 7) is 5.71. The summed E-state index contributed by atoms with van der Waals surface area (Å²) in [4.78, 5) is 37.1. The Morgan fingerprint density at radius 1 is 1.19 bits per heavy atom. The van der Waals surface area contributed by atoms with E-state index in [1.54, 1.807) is 0 Å². The number of rotatable bonds is 6. The van der Waals surface area contributed by atoms with Crippen molar-refractivity contribution in [1.82, 2.24) is 0 Å². The molecule has 3 saturated carbocycles. The number of unbranched alkanes of at least 4 members (excludes halogenated alkanes) is 1. The van der Waals surface area contributed by atoms with Gasteiger partial charge in [0.25, 0.3) is 0 Å². The Hall–Kier alpha value is -1.53. The third-order valence-corrected chi connectivity index (χ3v) is 9.61. The smallest absolute Gasteiger partial charge is 0.306 e. The molecule has 4 rings (SSSR count). The lowest BCUT2D eigenvalue weighted by Gasteiger charge is -2.60. The Bertz CT molecular complexity index is 832. The second-order valence-electron chi connectivity index (χ2n) is 11.2. The number of aliphatic hydroxyl groups is 2. The zero-order valence-electron chi connectivity index (χ0n) is 19.7. The lowest BCUT2D eigenvalue weighted by Crippen LogP contribution is -2.62. The largest absolute Gasteiger partial charge is 0.458 e. The first kappa shape index (κ1) is 23.6. The number of ketones is 2. The number of esters is 1. The fourth-order valence-corrected chi connectivity index (χ4v) is 7.81. The topological polar surface area (TPSA) is 101 Å². The van der Waals surface area contributed by atoms with Crippen molar-refractivity contribution in [3.63, 3.8) is 0 Å². The van der Waals surface area contributed by atoms with E-state index in [9.17, 15) is 24.6 Å². The van der Waals surface area contributed by atoms with Crippen LogP contribution in [0.25, 0.3) is 0 Å². The molecule has 0 aromatic rings. The maximum atomic E-state index is 13.1. The van der Waals surface area contributed by atoms with E-state index in [0.29, 0.717) is 25.7 Å². The van der Waals surface area contributed by atoms with Gasteiger partial charge in [-0.15, -0.1) is 0 Å². The SMILES string of the molecule is CCCCC(=O)OCC(=O)[C@@]1(O)CCC2C3CCC4=CC(=O)CCC4(C)C3[C@@H](O)CC21C. The molecule has 0 aliphatic heterocycles. The molecule has 0 bridgehead atoms. The summed E-state index contributed by atoms with van der Waals surface area (Å²) in [5.41, 5.74) is -1.37. The number of aliphatic hydroxyl groups excluding tert-OH is 1. The first-order valence-electron chi connectivity index (χ1n) is 12.4. The highest BCUT2D eigenvalue weighted by molar-refractivity contribution is 5.92. The number of hydrogen-bond acceptors (Lipinski definition) is 6. The highest BCUT2D eigenvalue weighted by Crippen LogP contribution is 2.67. The van der Waals surface area contributed by atoms with Gasteiger partial charge in [0.15, 0.2) is 12.4 Å². The Balaban J connectivity index is 1.55. The van der Waals surface area contributed by atoms with Gasteiger partial charge in [-0.1, -0.05) is 32.8 Å². The fraction of sp³-hybridized carbons (Fsp3) is 0.808. The average molecular weight is 447 g/mol. The Labute approximate surface area is 190 Å². The molecule has 0 aromatic carbocycles. The van der Waals surface area contributed by atoms with Crippen LogP contribution < -0.4 is 0 Å². The fourth-order valence-electron chi connectivity index (χ4n) is 7.81. The van der Waals surface area contributed by atoms with Crippen LogP contribution in [0, 0.1) is 28.6 Å². The molecule has 4 aliphatic rings. The van der Waals surface area contributed by atoms with E-state index in [2.05, 4.69) is 6.92 Å². The first-order chi connectivity index (χ1) is 15.1. The van der Waals surface area contributed by atoms with Gasteiger partial charge in [0, 0.05) is 18.3 Å². The zero-order chi connectivity index (χ0) is 23.3.